The summed E-state index contributed by atoms with van der Waals surface area (Å²) in [5.41, 5.74) is 7.30. The highest BCUT2D eigenvalue weighted by molar-refractivity contribution is 6.29. The highest BCUT2D eigenvalue weighted by Crippen LogP contribution is 2.14. The van der Waals surface area contributed by atoms with E-state index in [-0.39, 0.29) is 11.1 Å². The first-order chi connectivity index (χ1) is 8.15. The zero-order chi connectivity index (χ0) is 12.3. The molecule has 2 rings (SSSR count). The Morgan fingerprint density at radius 3 is 2.82 bits per heavy atom. The van der Waals surface area contributed by atoms with Gasteiger partial charge in [-0.05, 0) is 30.3 Å². The summed E-state index contributed by atoms with van der Waals surface area (Å²) < 4.78 is 0. The van der Waals surface area contributed by atoms with E-state index < -0.39 is 0 Å². The Kier molecular flexibility index (Phi) is 3.25. The first kappa shape index (κ1) is 11.4. The Morgan fingerprint density at radius 1 is 1.29 bits per heavy atom. The van der Waals surface area contributed by atoms with Crippen molar-refractivity contribution >= 4 is 28.9 Å². The molecule has 1 heterocycles. The molecule has 0 saturated heterocycles. The van der Waals surface area contributed by atoms with Crippen molar-refractivity contribution in [2.24, 2.45) is 0 Å². The second-order valence-corrected chi connectivity index (χ2v) is 3.83. The van der Waals surface area contributed by atoms with Crippen LogP contribution in [0, 0.1) is 0 Å². The zero-order valence-corrected chi connectivity index (χ0v) is 9.61. The van der Waals surface area contributed by atoms with Crippen molar-refractivity contribution < 1.29 is 4.79 Å². The number of carbonyl (C=O) groups excluding carboxylic acids is 1. The number of rotatable bonds is 2. The molecule has 0 radical (unpaired) electrons. The molecule has 0 fully saturated rings. The monoisotopic (exact) mass is 247 g/mol. The lowest BCUT2D eigenvalue weighted by Gasteiger charge is -2.05. The van der Waals surface area contributed by atoms with Crippen LogP contribution in [-0.4, -0.2) is 10.9 Å². The number of aromatic nitrogens is 1. The molecule has 5 heteroatoms. The first-order valence-corrected chi connectivity index (χ1v) is 5.31. The van der Waals surface area contributed by atoms with Crippen LogP contribution in [0.5, 0.6) is 0 Å². The summed E-state index contributed by atoms with van der Waals surface area (Å²) in [4.78, 5) is 15.6. The summed E-state index contributed by atoms with van der Waals surface area (Å²) in [6, 6.07) is 10.1. The van der Waals surface area contributed by atoms with Crippen LogP contribution in [0.2, 0.25) is 5.15 Å². The number of nitrogen functional groups attached to an aromatic ring is 1. The topological polar surface area (TPSA) is 68.0 Å². The average molecular weight is 248 g/mol. The van der Waals surface area contributed by atoms with E-state index in [1.165, 1.54) is 12.3 Å². The molecule has 0 spiro atoms. The minimum atomic E-state index is -0.250. The largest absolute Gasteiger partial charge is 0.399 e. The Bertz CT molecular complexity index is 557. The maximum Gasteiger partial charge on any atom is 0.255 e. The summed E-state index contributed by atoms with van der Waals surface area (Å²) in [5, 5.41) is 3.00. The maximum atomic E-state index is 11.8. The average Bonchev–Trinajstić information content (AvgIpc) is 2.29. The van der Waals surface area contributed by atoms with Gasteiger partial charge in [-0.25, -0.2) is 4.98 Å². The third-order valence-corrected chi connectivity index (χ3v) is 2.34. The van der Waals surface area contributed by atoms with Crippen LogP contribution in [0.25, 0.3) is 0 Å². The summed E-state index contributed by atoms with van der Waals surface area (Å²) in [7, 11) is 0. The molecular formula is C12H10ClN3O. The van der Waals surface area contributed by atoms with Crippen molar-refractivity contribution in [1.29, 1.82) is 0 Å². The molecule has 0 atom stereocenters. The van der Waals surface area contributed by atoms with Gasteiger partial charge in [-0.3, -0.25) is 4.79 Å². The molecule has 1 aromatic carbocycles. The Balaban J connectivity index is 2.17. The number of benzene rings is 1. The molecule has 2 aromatic rings. The van der Waals surface area contributed by atoms with Crippen molar-refractivity contribution in [1.82, 2.24) is 4.98 Å². The molecule has 0 unspecified atom stereocenters. The zero-order valence-electron chi connectivity index (χ0n) is 8.85. The van der Waals surface area contributed by atoms with E-state index in [4.69, 9.17) is 17.3 Å². The molecule has 1 aromatic heterocycles. The van der Waals surface area contributed by atoms with Gasteiger partial charge in [0.15, 0.2) is 0 Å². The van der Waals surface area contributed by atoms with Crippen molar-refractivity contribution in [2.75, 3.05) is 11.1 Å². The molecule has 0 saturated carbocycles. The molecule has 86 valence electrons. The molecule has 1 amide bonds. The van der Waals surface area contributed by atoms with Crippen LogP contribution < -0.4 is 11.1 Å². The van der Waals surface area contributed by atoms with E-state index in [1.54, 1.807) is 30.3 Å². The molecule has 0 aliphatic heterocycles. The maximum absolute atomic E-state index is 11.8. The minimum Gasteiger partial charge on any atom is -0.399 e. The lowest BCUT2D eigenvalue weighted by molar-refractivity contribution is 0.102. The van der Waals surface area contributed by atoms with Gasteiger partial charge in [0.1, 0.15) is 5.15 Å². The number of nitrogens with one attached hydrogen (secondary N) is 1. The third kappa shape index (κ3) is 2.95. The van der Waals surface area contributed by atoms with E-state index in [0.29, 0.717) is 16.9 Å². The predicted molar refractivity (Wildman–Crippen MR) is 68.1 cm³/mol. The lowest BCUT2D eigenvalue weighted by atomic mass is 10.2. The first-order valence-electron chi connectivity index (χ1n) is 4.93. The molecule has 0 aliphatic rings. The number of halogens is 1. The van der Waals surface area contributed by atoms with Gasteiger partial charge in [-0.1, -0.05) is 17.7 Å². The van der Waals surface area contributed by atoms with Crippen LogP contribution in [0.3, 0.4) is 0 Å². The molecule has 0 aliphatic carbocycles. The molecule has 0 bridgehead atoms. The highest BCUT2D eigenvalue weighted by atomic mass is 35.5. The van der Waals surface area contributed by atoms with Crippen molar-refractivity contribution in [3.8, 4) is 0 Å². The summed E-state index contributed by atoms with van der Waals surface area (Å²) >= 11 is 5.71. The van der Waals surface area contributed by atoms with E-state index in [1.807, 2.05) is 0 Å². The SMILES string of the molecule is Nc1cccc(NC(=O)c2ccnc(Cl)c2)c1. The number of nitrogens with zero attached hydrogens (tertiary/aromatic N) is 1. The number of amides is 1. The van der Waals surface area contributed by atoms with Gasteiger partial charge < -0.3 is 11.1 Å². The van der Waals surface area contributed by atoms with Crippen LogP contribution in [0.15, 0.2) is 42.6 Å². The predicted octanol–water partition coefficient (Wildman–Crippen LogP) is 2.57. The van der Waals surface area contributed by atoms with Crippen LogP contribution in [-0.2, 0) is 0 Å². The quantitative estimate of drug-likeness (QED) is 0.633. The fraction of sp³-hybridized carbons (Fsp3) is 0. The minimum absolute atomic E-state index is 0.250. The van der Waals surface area contributed by atoms with Gasteiger partial charge in [-0.15, -0.1) is 0 Å². The summed E-state index contributed by atoms with van der Waals surface area (Å²) in [6.45, 7) is 0. The Labute approximate surface area is 103 Å². The van der Waals surface area contributed by atoms with E-state index in [2.05, 4.69) is 10.3 Å². The fourth-order valence-electron chi connectivity index (χ4n) is 1.36. The number of hydrogen-bond acceptors (Lipinski definition) is 3. The van der Waals surface area contributed by atoms with Crippen molar-refractivity contribution in [3.05, 3.63) is 53.3 Å². The van der Waals surface area contributed by atoms with Gasteiger partial charge >= 0.3 is 0 Å². The molecule has 4 nitrogen and oxygen atoms in total. The van der Waals surface area contributed by atoms with Gasteiger partial charge in [0.25, 0.3) is 5.91 Å². The van der Waals surface area contributed by atoms with E-state index >= 15 is 0 Å². The van der Waals surface area contributed by atoms with Crippen LogP contribution in [0.1, 0.15) is 10.4 Å². The summed E-state index contributed by atoms with van der Waals surface area (Å²) in [5.74, 6) is -0.250. The van der Waals surface area contributed by atoms with E-state index in [9.17, 15) is 4.79 Å². The summed E-state index contributed by atoms with van der Waals surface area (Å²) in [6.07, 6.45) is 1.48. The standard InChI is InChI=1S/C12H10ClN3O/c13-11-6-8(4-5-15-11)12(17)16-10-3-1-2-9(14)7-10/h1-7H,14H2,(H,16,17). The lowest BCUT2D eigenvalue weighted by Crippen LogP contribution is -2.12. The second kappa shape index (κ2) is 4.84. The fourth-order valence-corrected chi connectivity index (χ4v) is 1.54. The molecule has 3 N–H and O–H groups in total. The number of hydrogen-bond donors (Lipinski definition) is 2. The van der Waals surface area contributed by atoms with Gasteiger partial charge in [0.2, 0.25) is 0 Å². The highest BCUT2D eigenvalue weighted by Gasteiger charge is 2.06. The Hall–Kier alpha value is -2.07. The van der Waals surface area contributed by atoms with Gasteiger partial charge in [0, 0.05) is 23.1 Å². The van der Waals surface area contributed by atoms with Crippen molar-refractivity contribution in [2.45, 2.75) is 0 Å². The smallest absolute Gasteiger partial charge is 0.255 e. The van der Waals surface area contributed by atoms with Crippen LogP contribution in [0.4, 0.5) is 11.4 Å². The van der Waals surface area contributed by atoms with Gasteiger partial charge in [0.05, 0.1) is 0 Å². The van der Waals surface area contributed by atoms with Crippen LogP contribution >= 0.6 is 11.6 Å². The second-order valence-electron chi connectivity index (χ2n) is 3.45. The normalized spacial score (nSPS) is 9.94. The van der Waals surface area contributed by atoms with E-state index in [0.717, 1.165) is 0 Å². The Morgan fingerprint density at radius 2 is 2.12 bits per heavy atom. The molecule has 17 heavy (non-hydrogen) atoms. The molecular weight excluding hydrogens is 238 g/mol. The van der Waals surface area contributed by atoms with Gasteiger partial charge in [-0.2, -0.15) is 0 Å². The number of carbonyl (C=O) groups is 1. The van der Waals surface area contributed by atoms with Crippen molar-refractivity contribution in [3.63, 3.8) is 0 Å². The number of nitrogens with two attached hydrogens (primary N) is 1. The number of anilines is 2. The third-order valence-electron chi connectivity index (χ3n) is 2.13. The number of pyridine rings is 1.